The summed E-state index contributed by atoms with van der Waals surface area (Å²) in [5.41, 5.74) is 3.27. The normalized spacial score (nSPS) is 28.4. The van der Waals surface area contributed by atoms with Crippen LogP contribution >= 0.6 is 0 Å². The number of unbranched alkanes of at least 4 members (excludes halogenated alkanes) is 3. The number of rotatable bonds is 5. The molecule has 0 radical (unpaired) electrons. The number of hydrogen-bond acceptors (Lipinski definition) is 2. The third-order valence-electron chi connectivity index (χ3n) is 5.82. The van der Waals surface area contributed by atoms with Crippen LogP contribution in [0.1, 0.15) is 63.0 Å². The number of phenolic OH excluding ortho intramolecular Hbond substituents is 1. The smallest absolute Gasteiger partial charge is 0.115 e. The molecule has 1 aromatic carbocycles. The third kappa shape index (κ3) is 2.83. The van der Waals surface area contributed by atoms with Gasteiger partial charge in [-0.2, -0.15) is 0 Å². The lowest BCUT2D eigenvalue weighted by Gasteiger charge is -2.50. The molecule has 2 aliphatic rings. The van der Waals surface area contributed by atoms with Gasteiger partial charge in [-0.15, -0.1) is 0 Å². The standard InChI is InChI=1S/C19H29NO/c1-3-4-5-6-9-19-10-11-20(2)16(14-19)12-15-7-8-17(21)13-18(15)19/h7-8,13,16,21H,3-6,9-12,14H2,1-2H3/t16-,19-/m0/s1. The van der Waals surface area contributed by atoms with Crippen LogP contribution in [0.4, 0.5) is 0 Å². The highest BCUT2D eigenvalue weighted by Gasteiger charge is 2.44. The molecule has 1 fully saturated rings. The van der Waals surface area contributed by atoms with Crippen molar-refractivity contribution in [1.82, 2.24) is 4.90 Å². The number of benzene rings is 1. The summed E-state index contributed by atoms with van der Waals surface area (Å²) in [5, 5.41) is 9.95. The Morgan fingerprint density at radius 2 is 2.14 bits per heavy atom. The minimum Gasteiger partial charge on any atom is -0.508 e. The van der Waals surface area contributed by atoms with E-state index in [2.05, 4.69) is 31.0 Å². The first-order valence-electron chi connectivity index (χ1n) is 8.67. The highest BCUT2D eigenvalue weighted by Crippen LogP contribution is 2.48. The first kappa shape index (κ1) is 14.9. The molecule has 1 aromatic rings. The van der Waals surface area contributed by atoms with Crippen molar-refractivity contribution in [1.29, 1.82) is 0 Å². The summed E-state index contributed by atoms with van der Waals surface area (Å²) in [4.78, 5) is 2.54. The van der Waals surface area contributed by atoms with Crippen LogP contribution in [0, 0.1) is 0 Å². The largest absolute Gasteiger partial charge is 0.508 e. The van der Waals surface area contributed by atoms with E-state index in [0.29, 0.717) is 17.2 Å². The molecule has 2 heteroatoms. The number of aromatic hydroxyl groups is 1. The van der Waals surface area contributed by atoms with Crippen molar-refractivity contribution in [3.63, 3.8) is 0 Å². The lowest BCUT2D eigenvalue weighted by atomic mass is 9.62. The topological polar surface area (TPSA) is 23.5 Å². The number of likely N-dealkylation sites (tertiary alicyclic amines) is 1. The number of nitrogens with zero attached hydrogens (tertiary/aromatic N) is 1. The molecular formula is C19H29NO. The first-order valence-corrected chi connectivity index (χ1v) is 8.67. The SMILES string of the molecule is CCCCCC[C@@]12CCN(C)[C@@H](Cc3ccc(O)cc31)C2. The molecule has 1 heterocycles. The molecule has 0 unspecified atom stereocenters. The average Bonchev–Trinajstić information content (AvgIpc) is 2.49. The van der Waals surface area contributed by atoms with Crippen molar-refractivity contribution < 1.29 is 5.11 Å². The number of likely N-dealkylation sites (N-methyl/N-ethyl adjacent to an activating group) is 1. The molecule has 1 aliphatic carbocycles. The Hall–Kier alpha value is -1.02. The van der Waals surface area contributed by atoms with Gasteiger partial charge in [0.1, 0.15) is 5.75 Å². The highest BCUT2D eigenvalue weighted by molar-refractivity contribution is 5.43. The fourth-order valence-corrected chi connectivity index (χ4v) is 4.50. The molecule has 0 spiro atoms. The van der Waals surface area contributed by atoms with Crippen molar-refractivity contribution in [3.8, 4) is 5.75 Å². The van der Waals surface area contributed by atoms with Gasteiger partial charge in [0, 0.05) is 6.04 Å². The van der Waals surface area contributed by atoms with Crippen molar-refractivity contribution in [2.75, 3.05) is 13.6 Å². The summed E-state index contributed by atoms with van der Waals surface area (Å²) >= 11 is 0. The Bertz CT molecular complexity index is 498. The molecule has 0 saturated carbocycles. The van der Waals surface area contributed by atoms with E-state index in [0.717, 1.165) is 6.42 Å². The summed E-state index contributed by atoms with van der Waals surface area (Å²) in [6.07, 6.45) is 10.3. The number of fused-ring (bicyclic) bond motifs is 4. The lowest BCUT2D eigenvalue weighted by molar-refractivity contribution is 0.0959. The molecule has 1 saturated heterocycles. The monoisotopic (exact) mass is 287 g/mol. The third-order valence-corrected chi connectivity index (χ3v) is 5.82. The number of piperidine rings is 1. The van der Waals surface area contributed by atoms with Gasteiger partial charge >= 0.3 is 0 Å². The fourth-order valence-electron chi connectivity index (χ4n) is 4.50. The Balaban J connectivity index is 1.87. The molecule has 1 aliphatic heterocycles. The maximum atomic E-state index is 9.95. The molecule has 2 bridgehead atoms. The van der Waals surface area contributed by atoms with Crippen molar-refractivity contribution in [3.05, 3.63) is 29.3 Å². The van der Waals surface area contributed by atoms with Gasteiger partial charge in [0.2, 0.25) is 0 Å². The second kappa shape index (κ2) is 6.00. The molecule has 1 N–H and O–H groups in total. The Morgan fingerprint density at radius 3 is 2.95 bits per heavy atom. The maximum Gasteiger partial charge on any atom is 0.115 e. The fraction of sp³-hybridized carbons (Fsp3) is 0.684. The van der Waals surface area contributed by atoms with Crippen LogP contribution in [-0.2, 0) is 11.8 Å². The molecule has 21 heavy (non-hydrogen) atoms. The van der Waals surface area contributed by atoms with E-state index in [4.69, 9.17) is 0 Å². The summed E-state index contributed by atoms with van der Waals surface area (Å²) < 4.78 is 0. The quantitative estimate of drug-likeness (QED) is 0.818. The summed E-state index contributed by atoms with van der Waals surface area (Å²) in [7, 11) is 2.27. The van der Waals surface area contributed by atoms with E-state index >= 15 is 0 Å². The molecule has 0 amide bonds. The van der Waals surface area contributed by atoms with Crippen LogP contribution < -0.4 is 0 Å². The zero-order chi connectivity index (χ0) is 14.9. The summed E-state index contributed by atoms with van der Waals surface area (Å²) in [6.45, 7) is 3.48. The van der Waals surface area contributed by atoms with Crippen molar-refractivity contribution in [2.24, 2.45) is 0 Å². The van der Waals surface area contributed by atoms with Gasteiger partial charge in [0.15, 0.2) is 0 Å². The number of hydrogen-bond donors (Lipinski definition) is 1. The predicted molar refractivity (Wildman–Crippen MR) is 87.9 cm³/mol. The average molecular weight is 287 g/mol. The minimum absolute atomic E-state index is 0.331. The molecular weight excluding hydrogens is 258 g/mol. The Kier molecular flexibility index (Phi) is 4.26. The minimum atomic E-state index is 0.331. The molecule has 3 rings (SSSR count). The van der Waals surface area contributed by atoms with Crippen molar-refractivity contribution >= 4 is 0 Å². The van der Waals surface area contributed by atoms with Crippen LogP contribution in [-0.4, -0.2) is 29.6 Å². The van der Waals surface area contributed by atoms with E-state index in [1.807, 2.05) is 6.07 Å². The second-order valence-corrected chi connectivity index (χ2v) is 7.23. The predicted octanol–water partition coefficient (Wildman–Crippen LogP) is 4.25. The van der Waals surface area contributed by atoms with Gasteiger partial charge in [0.25, 0.3) is 0 Å². The van der Waals surface area contributed by atoms with Crippen molar-refractivity contribution in [2.45, 2.75) is 69.7 Å². The Labute approximate surface area is 129 Å². The van der Waals surface area contributed by atoms with Gasteiger partial charge in [-0.05, 0) is 68.0 Å². The Morgan fingerprint density at radius 1 is 1.29 bits per heavy atom. The van der Waals surface area contributed by atoms with E-state index in [9.17, 15) is 5.11 Å². The maximum absolute atomic E-state index is 9.95. The lowest BCUT2D eigenvalue weighted by Crippen LogP contribution is -2.51. The molecule has 116 valence electrons. The van der Waals surface area contributed by atoms with Crippen LogP contribution in [0.5, 0.6) is 5.75 Å². The van der Waals surface area contributed by atoms with Crippen LogP contribution in [0.25, 0.3) is 0 Å². The zero-order valence-corrected chi connectivity index (χ0v) is 13.6. The molecule has 2 atom stereocenters. The van der Waals surface area contributed by atoms with Gasteiger partial charge in [0.05, 0.1) is 0 Å². The van der Waals surface area contributed by atoms with Gasteiger partial charge in [-0.1, -0.05) is 38.7 Å². The van der Waals surface area contributed by atoms with E-state index < -0.39 is 0 Å². The zero-order valence-electron chi connectivity index (χ0n) is 13.6. The summed E-state index contributed by atoms with van der Waals surface area (Å²) in [6, 6.07) is 6.79. The first-order chi connectivity index (χ1) is 10.1. The summed E-state index contributed by atoms with van der Waals surface area (Å²) in [5.74, 6) is 0.444. The van der Waals surface area contributed by atoms with Gasteiger partial charge in [-0.3, -0.25) is 0 Å². The van der Waals surface area contributed by atoms with Gasteiger partial charge < -0.3 is 10.0 Å². The highest BCUT2D eigenvalue weighted by atomic mass is 16.3. The number of phenols is 1. The molecule has 0 aromatic heterocycles. The van der Waals surface area contributed by atoms with Crippen LogP contribution in [0.2, 0.25) is 0 Å². The van der Waals surface area contributed by atoms with E-state index in [1.54, 1.807) is 0 Å². The van der Waals surface area contributed by atoms with E-state index in [1.165, 1.54) is 62.6 Å². The van der Waals surface area contributed by atoms with Gasteiger partial charge in [-0.25, -0.2) is 0 Å². The van der Waals surface area contributed by atoms with Crippen LogP contribution in [0.3, 0.4) is 0 Å². The van der Waals surface area contributed by atoms with Crippen LogP contribution in [0.15, 0.2) is 18.2 Å². The van der Waals surface area contributed by atoms with E-state index in [-0.39, 0.29) is 0 Å². The second-order valence-electron chi connectivity index (χ2n) is 7.23. The molecule has 2 nitrogen and oxygen atoms in total.